The zero-order valence-electron chi connectivity index (χ0n) is 18.9. The van der Waals surface area contributed by atoms with Gasteiger partial charge in [-0.05, 0) is 55.8 Å². The average molecular weight is 479 g/mol. The Kier molecular flexibility index (Phi) is 8.93. The van der Waals surface area contributed by atoms with E-state index in [4.69, 9.17) is 18.9 Å². The molecule has 9 nitrogen and oxygen atoms in total. The van der Waals surface area contributed by atoms with Crippen molar-refractivity contribution in [1.29, 1.82) is 0 Å². The second kappa shape index (κ2) is 11.9. The number of benzene rings is 2. The van der Waals surface area contributed by atoms with Crippen LogP contribution < -0.4 is 19.5 Å². The van der Waals surface area contributed by atoms with Crippen LogP contribution in [0.15, 0.2) is 47.4 Å². The van der Waals surface area contributed by atoms with Crippen LogP contribution in [0.4, 0.5) is 5.69 Å². The van der Waals surface area contributed by atoms with Gasteiger partial charge in [-0.2, -0.15) is 4.31 Å². The van der Waals surface area contributed by atoms with E-state index in [1.54, 1.807) is 43.3 Å². The third kappa shape index (κ3) is 6.83. The fraction of sp³-hybridized carbons (Fsp3) is 0.435. The molecule has 33 heavy (non-hydrogen) atoms. The molecule has 2 aromatic carbocycles. The summed E-state index contributed by atoms with van der Waals surface area (Å²) in [6.45, 7) is 5.73. The van der Waals surface area contributed by atoms with Crippen molar-refractivity contribution < 1.29 is 32.2 Å². The minimum Gasteiger partial charge on any atom is -0.494 e. The SMILES string of the molecule is CCCOc1ccc(OCC(=O)Nc2ccc(OCC)c(S(=O)(=O)N3CCOCC3)c2)cc1. The van der Waals surface area contributed by atoms with Crippen molar-refractivity contribution >= 4 is 21.6 Å². The molecule has 1 N–H and O–H groups in total. The first kappa shape index (κ1) is 24.8. The lowest BCUT2D eigenvalue weighted by Gasteiger charge is -2.27. The van der Waals surface area contributed by atoms with E-state index in [-0.39, 0.29) is 30.3 Å². The highest BCUT2D eigenvalue weighted by atomic mass is 32.2. The predicted molar refractivity (Wildman–Crippen MR) is 124 cm³/mol. The van der Waals surface area contributed by atoms with Gasteiger partial charge in [-0.25, -0.2) is 8.42 Å². The van der Waals surface area contributed by atoms with E-state index in [1.165, 1.54) is 10.4 Å². The smallest absolute Gasteiger partial charge is 0.262 e. The predicted octanol–water partition coefficient (Wildman–Crippen LogP) is 2.91. The van der Waals surface area contributed by atoms with Crippen LogP contribution in [0.1, 0.15) is 20.3 Å². The molecule has 10 heteroatoms. The lowest BCUT2D eigenvalue weighted by molar-refractivity contribution is -0.118. The zero-order chi connectivity index (χ0) is 23.7. The third-order valence-electron chi connectivity index (χ3n) is 4.78. The van der Waals surface area contributed by atoms with Gasteiger partial charge in [-0.3, -0.25) is 4.79 Å². The van der Waals surface area contributed by atoms with Gasteiger partial charge in [0.25, 0.3) is 5.91 Å². The second-order valence-electron chi connectivity index (χ2n) is 7.27. The Morgan fingerprint density at radius 3 is 2.30 bits per heavy atom. The zero-order valence-corrected chi connectivity index (χ0v) is 19.7. The fourth-order valence-corrected chi connectivity index (χ4v) is 4.75. The maximum Gasteiger partial charge on any atom is 0.262 e. The van der Waals surface area contributed by atoms with Crippen LogP contribution in [0.3, 0.4) is 0 Å². The van der Waals surface area contributed by atoms with Crippen LogP contribution in [0.5, 0.6) is 17.2 Å². The van der Waals surface area contributed by atoms with Gasteiger partial charge in [0, 0.05) is 18.8 Å². The van der Waals surface area contributed by atoms with Crippen LogP contribution in [0.25, 0.3) is 0 Å². The van der Waals surface area contributed by atoms with E-state index in [0.717, 1.165) is 12.2 Å². The molecule has 0 spiro atoms. The number of hydrogen-bond acceptors (Lipinski definition) is 7. The molecule has 0 unspecified atom stereocenters. The van der Waals surface area contributed by atoms with Crippen molar-refractivity contribution in [3.05, 3.63) is 42.5 Å². The van der Waals surface area contributed by atoms with Gasteiger partial charge in [-0.1, -0.05) is 6.92 Å². The number of hydrogen-bond donors (Lipinski definition) is 1. The molecule has 2 aromatic rings. The lowest BCUT2D eigenvalue weighted by atomic mass is 10.3. The summed E-state index contributed by atoms with van der Waals surface area (Å²) < 4.78 is 49.5. The quantitative estimate of drug-likeness (QED) is 0.530. The Bertz CT molecular complexity index is 1020. The Balaban J connectivity index is 1.66. The van der Waals surface area contributed by atoms with Gasteiger partial charge >= 0.3 is 0 Å². The molecule has 1 aliphatic heterocycles. The van der Waals surface area contributed by atoms with Gasteiger partial charge in [-0.15, -0.1) is 0 Å². The fourth-order valence-electron chi connectivity index (χ4n) is 3.19. The maximum absolute atomic E-state index is 13.2. The molecule has 3 rings (SSSR count). The van der Waals surface area contributed by atoms with Crippen LogP contribution in [-0.4, -0.2) is 64.8 Å². The van der Waals surface area contributed by atoms with Gasteiger partial charge in [0.15, 0.2) is 6.61 Å². The molecule has 0 radical (unpaired) electrons. The summed E-state index contributed by atoms with van der Waals surface area (Å²) in [7, 11) is -3.81. The number of amides is 1. The molecule has 1 amide bonds. The average Bonchev–Trinajstić information content (AvgIpc) is 2.83. The largest absolute Gasteiger partial charge is 0.494 e. The Morgan fingerprint density at radius 2 is 1.67 bits per heavy atom. The number of nitrogens with one attached hydrogen (secondary N) is 1. The molecular formula is C23H30N2O7S. The Labute approximate surface area is 194 Å². The molecule has 0 bridgehead atoms. The van der Waals surface area contributed by atoms with Crippen LogP contribution in [-0.2, 0) is 19.6 Å². The van der Waals surface area contributed by atoms with Crippen molar-refractivity contribution in [2.75, 3.05) is 51.4 Å². The van der Waals surface area contributed by atoms with E-state index in [0.29, 0.717) is 37.9 Å². The molecule has 0 atom stereocenters. The first-order chi connectivity index (χ1) is 15.9. The van der Waals surface area contributed by atoms with Gasteiger partial charge in [0.05, 0.1) is 26.4 Å². The molecule has 1 fully saturated rings. The van der Waals surface area contributed by atoms with E-state index in [9.17, 15) is 13.2 Å². The lowest BCUT2D eigenvalue weighted by Crippen LogP contribution is -2.40. The van der Waals surface area contributed by atoms with E-state index in [2.05, 4.69) is 5.32 Å². The van der Waals surface area contributed by atoms with E-state index >= 15 is 0 Å². The monoisotopic (exact) mass is 478 g/mol. The minimum atomic E-state index is -3.81. The molecular weight excluding hydrogens is 448 g/mol. The van der Waals surface area contributed by atoms with Gasteiger partial charge in [0.1, 0.15) is 22.1 Å². The molecule has 180 valence electrons. The Morgan fingerprint density at radius 1 is 1.00 bits per heavy atom. The normalized spacial score (nSPS) is 14.5. The number of carbonyl (C=O) groups excluding carboxylic acids is 1. The van der Waals surface area contributed by atoms with Crippen LogP contribution in [0.2, 0.25) is 0 Å². The highest BCUT2D eigenvalue weighted by Crippen LogP contribution is 2.30. The molecule has 0 saturated carbocycles. The number of morpholine rings is 1. The summed E-state index contributed by atoms with van der Waals surface area (Å²) in [4.78, 5) is 12.4. The van der Waals surface area contributed by atoms with Crippen molar-refractivity contribution in [2.24, 2.45) is 0 Å². The number of sulfonamides is 1. The number of rotatable bonds is 11. The minimum absolute atomic E-state index is 0.00707. The van der Waals surface area contributed by atoms with E-state index < -0.39 is 15.9 Å². The van der Waals surface area contributed by atoms with Gasteiger partial charge < -0.3 is 24.3 Å². The number of ether oxygens (including phenoxy) is 4. The number of carbonyl (C=O) groups is 1. The number of nitrogens with zero attached hydrogens (tertiary/aromatic N) is 1. The number of anilines is 1. The van der Waals surface area contributed by atoms with Crippen molar-refractivity contribution in [3.63, 3.8) is 0 Å². The second-order valence-corrected chi connectivity index (χ2v) is 9.17. The molecule has 1 aliphatic rings. The molecule has 0 aliphatic carbocycles. The van der Waals surface area contributed by atoms with E-state index in [1.807, 2.05) is 6.92 Å². The summed E-state index contributed by atoms with van der Waals surface area (Å²) in [5, 5.41) is 2.68. The summed E-state index contributed by atoms with van der Waals surface area (Å²) >= 11 is 0. The van der Waals surface area contributed by atoms with Gasteiger partial charge in [0.2, 0.25) is 10.0 Å². The maximum atomic E-state index is 13.2. The van der Waals surface area contributed by atoms with Crippen LogP contribution in [0, 0.1) is 0 Å². The van der Waals surface area contributed by atoms with Crippen molar-refractivity contribution in [2.45, 2.75) is 25.2 Å². The molecule has 1 saturated heterocycles. The molecule has 1 heterocycles. The highest BCUT2D eigenvalue weighted by Gasteiger charge is 2.29. The highest BCUT2D eigenvalue weighted by molar-refractivity contribution is 7.89. The summed E-state index contributed by atoms with van der Waals surface area (Å²) in [5.74, 6) is 1.08. The van der Waals surface area contributed by atoms with Crippen molar-refractivity contribution in [3.8, 4) is 17.2 Å². The first-order valence-corrected chi connectivity index (χ1v) is 12.4. The first-order valence-electron chi connectivity index (χ1n) is 10.9. The standard InChI is InChI=1S/C23H30N2O7S/c1-3-13-31-19-6-8-20(9-7-19)32-17-23(26)24-18-5-10-21(30-4-2)22(16-18)33(27,28)25-11-14-29-15-12-25/h5-10,16H,3-4,11-15,17H2,1-2H3,(H,24,26). The summed E-state index contributed by atoms with van der Waals surface area (Å²) in [6, 6.07) is 11.6. The van der Waals surface area contributed by atoms with Crippen molar-refractivity contribution in [1.82, 2.24) is 4.31 Å². The third-order valence-corrected chi connectivity index (χ3v) is 6.70. The summed E-state index contributed by atoms with van der Waals surface area (Å²) in [5.41, 5.74) is 0.335. The Hall–Kier alpha value is -2.82. The summed E-state index contributed by atoms with van der Waals surface area (Å²) in [6.07, 6.45) is 0.916. The van der Waals surface area contributed by atoms with Crippen LogP contribution >= 0.6 is 0 Å². The topological polar surface area (TPSA) is 103 Å². The molecule has 0 aromatic heterocycles.